The van der Waals surface area contributed by atoms with Gasteiger partial charge >= 0.3 is 0 Å². The first-order valence-electron chi connectivity index (χ1n) is 7.13. The minimum absolute atomic E-state index is 0.189. The van der Waals surface area contributed by atoms with E-state index in [4.69, 9.17) is 0 Å². The third-order valence-corrected chi connectivity index (χ3v) is 5.17. The van der Waals surface area contributed by atoms with Gasteiger partial charge in [0.05, 0.1) is 10.6 Å². The van der Waals surface area contributed by atoms with Crippen molar-refractivity contribution in [3.63, 3.8) is 0 Å². The Bertz CT molecular complexity index is 814. The third kappa shape index (κ3) is 4.63. The lowest BCUT2D eigenvalue weighted by Gasteiger charge is -2.07. The number of carbonyl (C=O) groups excluding carboxylic acids is 1. The number of carbonyl (C=O) groups is 1. The Morgan fingerprint density at radius 2 is 1.74 bits per heavy atom. The van der Waals surface area contributed by atoms with Crippen LogP contribution in [-0.4, -0.2) is 20.1 Å². The van der Waals surface area contributed by atoms with Crippen molar-refractivity contribution in [1.82, 2.24) is 0 Å². The molecule has 1 amide bonds. The fourth-order valence-corrected chi connectivity index (χ4v) is 3.23. The van der Waals surface area contributed by atoms with Crippen LogP contribution in [0.2, 0.25) is 0 Å². The molecular weight excluding hydrogens is 317 g/mol. The molecule has 0 unspecified atom stereocenters. The number of sulfone groups is 1. The number of anilines is 1. The number of benzene rings is 2. The fourth-order valence-electron chi connectivity index (χ4n) is 1.98. The molecule has 0 bridgehead atoms. The fraction of sp³-hybridized carbons (Fsp3) is 0.235. The minimum Gasteiger partial charge on any atom is -0.326 e. The summed E-state index contributed by atoms with van der Waals surface area (Å²) in [6.07, 6.45) is -0.189. The summed E-state index contributed by atoms with van der Waals surface area (Å²) < 4.78 is 37.7. The van der Waals surface area contributed by atoms with Crippen LogP contribution in [0.15, 0.2) is 47.4 Å². The molecule has 1 N–H and O–H groups in total. The maximum atomic E-state index is 13.4. The average Bonchev–Trinajstić information content (AvgIpc) is 2.50. The molecular formula is C17H18FNO3S. The lowest BCUT2D eigenvalue weighted by molar-refractivity contribution is -0.115. The van der Waals surface area contributed by atoms with E-state index in [1.165, 1.54) is 18.2 Å². The molecule has 0 aliphatic heterocycles. The second-order valence-corrected chi connectivity index (χ2v) is 7.50. The van der Waals surface area contributed by atoms with Crippen molar-refractivity contribution in [1.29, 1.82) is 0 Å². The number of nitrogens with one attached hydrogen (secondary N) is 1. The number of hydrogen-bond acceptors (Lipinski definition) is 3. The van der Waals surface area contributed by atoms with Gasteiger partial charge in [-0.15, -0.1) is 0 Å². The molecule has 4 nitrogen and oxygen atoms in total. The van der Waals surface area contributed by atoms with Crippen LogP contribution in [0.1, 0.15) is 17.5 Å². The van der Waals surface area contributed by atoms with Gasteiger partial charge in [0.25, 0.3) is 0 Å². The van der Waals surface area contributed by atoms with E-state index in [9.17, 15) is 17.6 Å². The van der Waals surface area contributed by atoms with Crippen molar-refractivity contribution in [3.8, 4) is 0 Å². The SMILES string of the molecule is Cc1ccc(S(=O)(=O)CCC(=O)Nc2ccc(C)c(F)c2)cc1. The van der Waals surface area contributed by atoms with E-state index < -0.39 is 21.6 Å². The summed E-state index contributed by atoms with van der Waals surface area (Å²) in [5, 5.41) is 2.50. The van der Waals surface area contributed by atoms with Crippen molar-refractivity contribution in [2.24, 2.45) is 0 Å². The van der Waals surface area contributed by atoms with Crippen molar-refractivity contribution in [3.05, 3.63) is 59.4 Å². The molecule has 0 atom stereocenters. The molecule has 122 valence electrons. The topological polar surface area (TPSA) is 63.2 Å². The molecule has 0 heterocycles. The van der Waals surface area contributed by atoms with E-state index >= 15 is 0 Å². The number of aryl methyl sites for hydroxylation is 2. The van der Waals surface area contributed by atoms with E-state index in [1.807, 2.05) is 6.92 Å². The van der Waals surface area contributed by atoms with Crippen LogP contribution in [0.5, 0.6) is 0 Å². The number of hydrogen-bond donors (Lipinski definition) is 1. The zero-order chi connectivity index (χ0) is 17.0. The summed E-state index contributed by atoms with van der Waals surface area (Å²) in [4.78, 5) is 12.0. The largest absolute Gasteiger partial charge is 0.326 e. The van der Waals surface area contributed by atoms with Crippen LogP contribution in [0.25, 0.3) is 0 Å². The van der Waals surface area contributed by atoms with Crippen molar-refractivity contribution < 1.29 is 17.6 Å². The molecule has 2 aromatic carbocycles. The van der Waals surface area contributed by atoms with Gasteiger partial charge in [0.1, 0.15) is 5.82 Å². The molecule has 0 aliphatic carbocycles. The van der Waals surface area contributed by atoms with Crippen LogP contribution in [0.3, 0.4) is 0 Å². The van der Waals surface area contributed by atoms with Crippen molar-refractivity contribution >= 4 is 21.4 Å². The Morgan fingerprint density at radius 1 is 1.09 bits per heavy atom. The van der Waals surface area contributed by atoms with Crippen molar-refractivity contribution in [2.45, 2.75) is 25.2 Å². The second-order valence-electron chi connectivity index (χ2n) is 5.39. The van der Waals surface area contributed by atoms with Crippen LogP contribution in [-0.2, 0) is 14.6 Å². The van der Waals surface area contributed by atoms with E-state index in [0.717, 1.165) is 5.56 Å². The molecule has 0 aromatic heterocycles. The van der Waals surface area contributed by atoms with Crippen LogP contribution in [0, 0.1) is 19.7 Å². The number of rotatable bonds is 5. The zero-order valence-corrected chi connectivity index (χ0v) is 13.8. The zero-order valence-electron chi connectivity index (χ0n) is 13.0. The first-order chi connectivity index (χ1) is 10.8. The maximum absolute atomic E-state index is 13.4. The number of amides is 1. The Morgan fingerprint density at radius 3 is 2.35 bits per heavy atom. The minimum atomic E-state index is -3.51. The van der Waals surface area contributed by atoms with Crippen LogP contribution >= 0.6 is 0 Å². The lowest BCUT2D eigenvalue weighted by atomic mass is 10.2. The summed E-state index contributed by atoms with van der Waals surface area (Å²) in [5.74, 6) is -1.19. The van der Waals surface area contributed by atoms with Gasteiger partial charge in [-0.1, -0.05) is 23.8 Å². The molecule has 2 aromatic rings. The molecule has 0 fully saturated rings. The molecule has 6 heteroatoms. The van der Waals surface area contributed by atoms with Crippen LogP contribution < -0.4 is 5.32 Å². The lowest BCUT2D eigenvalue weighted by Crippen LogP contribution is -2.17. The highest BCUT2D eigenvalue weighted by Crippen LogP contribution is 2.15. The quantitative estimate of drug-likeness (QED) is 0.912. The molecule has 0 spiro atoms. The smallest absolute Gasteiger partial charge is 0.225 e. The Kier molecular flexibility index (Phi) is 5.15. The summed E-state index contributed by atoms with van der Waals surface area (Å²) in [6.45, 7) is 3.49. The molecule has 0 aliphatic rings. The van der Waals surface area contributed by atoms with Gasteiger partial charge in [0.2, 0.25) is 5.91 Å². The standard InChI is InChI=1S/C17H18FNO3S/c1-12-3-7-15(8-4-12)23(21,22)10-9-17(20)19-14-6-5-13(2)16(18)11-14/h3-8,11H,9-10H2,1-2H3,(H,19,20). The molecule has 0 saturated carbocycles. The summed E-state index contributed by atoms with van der Waals surface area (Å²) in [5.41, 5.74) is 1.75. The van der Waals surface area contributed by atoms with Gasteiger partial charge in [-0.3, -0.25) is 4.79 Å². The Labute approximate surface area is 135 Å². The van der Waals surface area contributed by atoms with Gasteiger partial charge < -0.3 is 5.32 Å². The molecule has 0 radical (unpaired) electrons. The third-order valence-electron chi connectivity index (χ3n) is 3.43. The summed E-state index contributed by atoms with van der Waals surface area (Å²) in [7, 11) is -3.51. The highest BCUT2D eigenvalue weighted by Gasteiger charge is 2.16. The van der Waals surface area contributed by atoms with E-state index in [0.29, 0.717) is 11.3 Å². The Hall–Kier alpha value is -2.21. The normalized spacial score (nSPS) is 11.3. The predicted molar refractivity (Wildman–Crippen MR) is 87.6 cm³/mol. The van der Waals surface area contributed by atoms with Gasteiger partial charge in [0.15, 0.2) is 9.84 Å². The Balaban J connectivity index is 1.98. The molecule has 0 saturated heterocycles. The van der Waals surface area contributed by atoms with Gasteiger partial charge in [-0.25, -0.2) is 12.8 Å². The summed E-state index contributed by atoms with van der Waals surface area (Å²) >= 11 is 0. The highest BCUT2D eigenvalue weighted by molar-refractivity contribution is 7.91. The van der Waals surface area contributed by atoms with E-state index in [-0.39, 0.29) is 17.1 Å². The van der Waals surface area contributed by atoms with Gasteiger partial charge in [-0.2, -0.15) is 0 Å². The maximum Gasteiger partial charge on any atom is 0.225 e. The average molecular weight is 335 g/mol. The second kappa shape index (κ2) is 6.91. The molecule has 23 heavy (non-hydrogen) atoms. The monoisotopic (exact) mass is 335 g/mol. The van der Waals surface area contributed by atoms with Gasteiger partial charge in [-0.05, 0) is 43.7 Å². The predicted octanol–water partition coefficient (Wildman–Crippen LogP) is 3.25. The van der Waals surface area contributed by atoms with E-state index in [2.05, 4.69) is 5.32 Å². The van der Waals surface area contributed by atoms with Gasteiger partial charge in [0, 0.05) is 12.1 Å². The molecule has 2 rings (SSSR count). The summed E-state index contributed by atoms with van der Waals surface area (Å²) in [6, 6.07) is 10.8. The first-order valence-corrected chi connectivity index (χ1v) is 8.78. The highest BCUT2D eigenvalue weighted by atomic mass is 32.2. The number of halogens is 1. The van der Waals surface area contributed by atoms with E-state index in [1.54, 1.807) is 31.2 Å². The first kappa shape index (κ1) is 17.1. The van der Waals surface area contributed by atoms with Crippen LogP contribution in [0.4, 0.5) is 10.1 Å². The van der Waals surface area contributed by atoms with Crippen molar-refractivity contribution in [2.75, 3.05) is 11.1 Å².